The van der Waals surface area contributed by atoms with Gasteiger partial charge in [-0.2, -0.15) is 0 Å². The van der Waals surface area contributed by atoms with Crippen molar-refractivity contribution >= 4 is 50.7 Å². The third-order valence-corrected chi connectivity index (χ3v) is 9.89. The predicted octanol–water partition coefficient (Wildman–Crippen LogP) is 6.33. The Morgan fingerprint density at radius 2 is 1.54 bits per heavy atom. The van der Waals surface area contributed by atoms with Crippen molar-refractivity contribution < 1.29 is 32.2 Å². The first-order valence-corrected chi connectivity index (χ1v) is 17.1. The second kappa shape index (κ2) is 16.8. The van der Waals surface area contributed by atoms with Gasteiger partial charge in [0.25, 0.3) is 10.0 Å². The number of nitrogens with one attached hydrogen (secondary N) is 1. The molecule has 0 fully saturated rings. The minimum atomic E-state index is -4.36. The molecule has 0 radical (unpaired) electrons. The zero-order valence-electron chi connectivity index (χ0n) is 26.9. The summed E-state index contributed by atoms with van der Waals surface area (Å²) in [4.78, 5) is 29.1. The lowest BCUT2D eigenvalue weighted by molar-refractivity contribution is -0.140. The topological polar surface area (TPSA) is 114 Å². The molecule has 0 saturated carbocycles. The van der Waals surface area contributed by atoms with E-state index in [4.69, 9.17) is 37.4 Å². The number of hydrogen-bond donors (Lipinski definition) is 1. The molecule has 10 nitrogen and oxygen atoms in total. The Kier molecular flexibility index (Phi) is 13.4. The molecule has 0 heterocycles. The summed E-state index contributed by atoms with van der Waals surface area (Å²) in [5.41, 5.74) is 0.839. The standard InChI is InChI=1S/C33H41Cl2N3O7S/c1-7-22(4)36-33(40)29(8-2)37(20-23-10-16-27(34)28(35)18-23)32(39)21-38(24-11-13-25(14-12-24)45-9-3)46(41,42)26-15-17-30(43-5)31(19-26)44-6/h10-19,22,29H,7-9,20-21H2,1-6H3,(H,36,40). The van der Waals surface area contributed by atoms with Crippen LogP contribution in [0.2, 0.25) is 10.0 Å². The average molecular weight is 695 g/mol. The van der Waals surface area contributed by atoms with Crippen LogP contribution >= 0.6 is 23.2 Å². The van der Waals surface area contributed by atoms with Gasteiger partial charge in [-0.15, -0.1) is 0 Å². The monoisotopic (exact) mass is 693 g/mol. The minimum Gasteiger partial charge on any atom is -0.494 e. The van der Waals surface area contributed by atoms with Gasteiger partial charge in [-0.3, -0.25) is 13.9 Å². The maximum atomic E-state index is 14.3. The largest absolute Gasteiger partial charge is 0.494 e. The van der Waals surface area contributed by atoms with Crippen LogP contribution in [0.25, 0.3) is 0 Å². The van der Waals surface area contributed by atoms with Gasteiger partial charge in [-0.05, 0) is 80.8 Å². The fourth-order valence-corrected chi connectivity index (χ4v) is 6.45. The van der Waals surface area contributed by atoms with Crippen LogP contribution in [0.1, 0.15) is 46.1 Å². The van der Waals surface area contributed by atoms with Gasteiger partial charge in [0.1, 0.15) is 18.3 Å². The van der Waals surface area contributed by atoms with Gasteiger partial charge in [-0.1, -0.05) is 43.1 Å². The molecule has 0 spiro atoms. The molecule has 0 bridgehead atoms. The lowest BCUT2D eigenvalue weighted by Gasteiger charge is -2.34. The summed E-state index contributed by atoms with van der Waals surface area (Å²) in [7, 11) is -1.51. The molecule has 0 aliphatic heterocycles. The highest BCUT2D eigenvalue weighted by Crippen LogP contribution is 2.33. The van der Waals surface area contributed by atoms with Crippen LogP contribution < -0.4 is 23.8 Å². The van der Waals surface area contributed by atoms with Crippen molar-refractivity contribution in [1.82, 2.24) is 10.2 Å². The molecule has 2 amide bonds. The van der Waals surface area contributed by atoms with Crippen LogP contribution in [0.4, 0.5) is 5.69 Å². The van der Waals surface area contributed by atoms with Gasteiger partial charge < -0.3 is 24.4 Å². The van der Waals surface area contributed by atoms with E-state index in [1.165, 1.54) is 37.3 Å². The van der Waals surface area contributed by atoms with Gasteiger partial charge in [0.15, 0.2) is 11.5 Å². The molecule has 0 aromatic heterocycles. The van der Waals surface area contributed by atoms with Crippen molar-refractivity contribution in [3.05, 3.63) is 76.3 Å². The van der Waals surface area contributed by atoms with Gasteiger partial charge in [0, 0.05) is 18.7 Å². The second-order valence-electron chi connectivity index (χ2n) is 10.5. The van der Waals surface area contributed by atoms with Gasteiger partial charge >= 0.3 is 0 Å². The van der Waals surface area contributed by atoms with E-state index in [0.29, 0.717) is 35.1 Å². The lowest BCUT2D eigenvalue weighted by Crippen LogP contribution is -2.53. The summed E-state index contributed by atoms with van der Waals surface area (Å²) in [5.74, 6) is 0.137. The maximum absolute atomic E-state index is 14.3. The predicted molar refractivity (Wildman–Crippen MR) is 181 cm³/mol. The van der Waals surface area contributed by atoms with Crippen LogP contribution in [-0.4, -0.2) is 64.6 Å². The minimum absolute atomic E-state index is 0.0182. The van der Waals surface area contributed by atoms with Crippen LogP contribution in [0.15, 0.2) is 65.6 Å². The molecule has 3 rings (SSSR count). The highest BCUT2D eigenvalue weighted by Gasteiger charge is 2.34. The fourth-order valence-electron chi connectivity index (χ4n) is 4.70. The number of anilines is 1. The number of benzene rings is 3. The molecule has 2 atom stereocenters. The van der Waals surface area contributed by atoms with E-state index in [9.17, 15) is 18.0 Å². The second-order valence-corrected chi connectivity index (χ2v) is 13.1. The van der Waals surface area contributed by atoms with E-state index in [0.717, 1.165) is 4.31 Å². The fraction of sp³-hybridized carbons (Fsp3) is 0.394. The Morgan fingerprint density at radius 1 is 0.870 bits per heavy atom. The zero-order chi connectivity index (χ0) is 34.0. The van der Waals surface area contributed by atoms with E-state index < -0.39 is 28.5 Å². The number of sulfonamides is 1. The number of methoxy groups -OCH3 is 2. The maximum Gasteiger partial charge on any atom is 0.264 e. The molecule has 3 aromatic rings. The Balaban J connectivity index is 2.13. The van der Waals surface area contributed by atoms with Crippen molar-refractivity contribution in [2.24, 2.45) is 0 Å². The third kappa shape index (κ3) is 8.98. The zero-order valence-corrected chi connectivity index (χ0v) is 29.2. The molecule has 0 aliphatic rings. The van der Waals surface area contributed by atoms with Crippen molar-refractivity contribution in [2.45, 2.75) is 64.1 Å². The molecular formula is C33H41Cl2N3O7S. The molecule has 3 aromatic carbocycles. The number of rotatable bonds is 16. The number of hydrogen-bond acceptors (Lipinski definition) is 7. The number of carbonyl (C=O) groups is 2. The molecule has 13 heteroatoms. The van der Waals surface area contributed by atoms with E-state index in [1.54, 1.807) is 49.4 Å². The van der Waals surface area contributed by atoms with Gasteiger partial charge in [0.05, 0.1) is 41.5 Å². The van der Waals surface area contributed by atoms with E-state index in [1.807, 2.05) is 20.8 Å². The van der Waals surface area contributed by atoms with Crippen molar-refractivity contribution in [1.29, 1.82) is 0 Å². The van der Waals surface area contributed by atoms with Crippen LogP contribution in [0.3, 0.4) is 0 Å². The number of ether oxygens (including phenoxy) is 3. The molecule has 0 saturated heterocycles. The molecule has 2 unspecified atom stereocenters. The summed E-state index contributed by atoms with van der Waals surface area (Å²) in [6, 6.07) is 14.5. The van der Waals surface area contributed by atoms with Gasteiger partial charge in [-0.25, -0.2) is 8.42 Å². The Labute approximate surface area is 281 Å². The van der Waals surface area contributed by atoms with Crippen LogP contribution in [0.5, 0.6) is 17.2 Å². The number of amides is 2. The van der Waals surface area contributed by atoms with Crippen LogP contribution in [0, 0.1) is 0 Å². The van der Waals surface area contributed by atoms with E-state index in [2.05, 4.69) is 5.32 Å². The quantitative estimate of drug-likeness (QED) is 0.187. The molecule has 1 N–H and O–H groups in total. The highest BCUT2D eigenvalue weighted by atomic mass is 35.5. The third-order valence-electron chi connectivity index (χ3n) is 7.38. The normalized spacial score (nSPS) is 12.5. The first kappa shape index (κ1) is 36.8. The summed E-state index contributed by atoms with van der Waals surface area (Å²) >= 11 is 12.4. The summed E-state index contributed by atoms with van der Waals surface area (Å²) in [6.07, 6.45) is 0.971. The summed E-state index contributed by atoms with van der Waals surface area (Å²) < 4.78 is 45.8. The van der Waals surface area contributed by atoms with Crippen LogP contribution in [-0.2, 0) is 26.2 Å². The lowest BCUT2D eigenvalue weighted by atomic mass is 10.1. The first-order valence-electron chi connectivity index (χ1n) is 14.9. The highest BCUT2D eigenvalue weighted by molar-refractivity contribution is 7.92. The first-order chi connectivity index (χ1) is 21.9. The molecular weight excluding hydrogens is 653 g/mol. The van der Waals surface area contributed by atoms with E-state index >= 15 is 0 Å². The van der Waals surface area contributed by atoms with Gasteiger partial charge in [0.2, 0.25) is 11.8 Å². The Bertz CT molecular complexity index is 1600. The molecule has 0 aliphatic carbocycles. The van der Waals surface area contributed by atoms with E-state index in [-0.39, 0.29) is 46.3 Å². The Morgan fingerprint density at radius 3 is 2.11 bits per heavy atom. The van der Waals surface area contributed by atoms with Crippen molar-refractivity contribution in [2.75, 3.05) is 31.7 Å². The summed E-state index contributed by atoms with van der Waals surface area (Å²) in [5, 5.41) is 3.58. The van der Waals surface area contributed by atoms with Crippen molar-refractivity contribution in [3.8, 4) is 17.2 Å². The number of nitrogens with zero attached hydrogens (tertiary/aromatic N) is 2. The SMILES string of the molecule is CCOc1ccc(N(CC(=O)N(Cc2ccc(Cl)c(Cl)c2)C(CC)C(=O)NC(C)CC)S(=O)(=O)c2ccc(OC)c(OC)c2)cc1. The molecule has 250 valence electrons. The number of carbonyl (C=O) groups excluding carboxylic acids is 2. The summed E-state index contributed by atoms with van der Waals surface area (Å²) in [6.45, 7) is 7.24. The number of halogens is 2. The smallest absolute Gasteiger partial charge is 0.264 e. The molecule has 46 heavy (non-hydrogen) atoms. The Hall–Kier alpha value is -3.67. The average Bonchev–Trinajstić information content (AvgIpc) is 3.05. The van der Waals surface area contributed by atoms with Crippen molar-refractivity contribution in [3.63, 3.8) is 0 Å².